The lowest BCUT2D eigenvalue weighted by molar-refractivity contribution is 0.229. The topological polar surface area (TPSA) is 74.2 Å². The molecule has 3 N–H and O–H groups in total. The lowest BCUT2D eigenvalue weighted by atomic mass is 10.2. The van der Waals surface area contributed by atoms with Crippen molar-refractivity contribution in [1.82, 2.24) is 10.3 Å². The second-order valence-electron chi connectivity index (χ2n) is 3.50. The van der Waals surface area contributed by atoms with Crippen LogP contribution in [0.2, 0.25) is 5.15 Å². The van der Waals surface area contributed by atoms with E-state index in [9.17, 15) is 4.79 Å². The number of amides is 2. The number of carbonyl (C=O) groups is 1. The van der Waals surface area contributed by atoms with E-state index in [1.807, 2.05) is 6.92 Å². The van der Waals surface area contributed by atoms with Gasteiger partial charge in [0.15, 0.2) is 0 Å². The monoisotopic (exact) mass is 243 g/mol. The normalized spacial score (nSPS) is 12.0. The predicted molar refractivity (Wildman–Crippen MR) is 62.7 cm³/mol. The van der Waals surface area contributed by atoms with Crippen LogP contribution in [-0.2, 0) is 0 Å². The second-order valence-corrected chi connectivity index (χ2v) is 3.89. The fourth-order valence-corrected chi connectivity index (χ4v) is 1.29. The molecule has 16 heavy (non-hydrogen) atoms. The maximum atomic E-state index is 11.4. The molecule has 0 aliphatic rings. The Balaban J connectivity index is 2.63. The van der Waals surface area contributed by atoms with Crippen LogP contribution in [0.25, 0.3) is 0 Å². The summed E-state index contributed by atoms with van der Waals surface area (Å²) >= 11 is 5.69. The van der Waals surface area contributed by atoms with Gasteiger partial charge in [-0.1, -0.05) is 11.6 Å². The summed E-state index contributed by atoms with van der Waals surface area (Å²) in [5.74, 6) is 0. The van der Waals surface area contributed by atoms with Crippen LogP contribution in [0.5, 0.6) is 0 Å². The van der Waals surface area contributed by atoms with Gasteiger partial charge in [0.05, 0.1) is 24.5 Å². The maximum Gasteiger partial charge on any atom is 0.319 e. The van der Waals surface area contributed by atoms with Crippen molar-refractivity contribution in [2.45, 2.75) is 19.9 Å². The third kappa shape index (κ3) is 3.67. The molecule has 0 aromatic carbocycles. The van der Waals surface area contributed by atoms with Crippen LogP contribution in [0.15, 0.2) is 12.3 Å². The number of aliphatic hydroxyl groups is 1. The molecular formula is C10H14ClN3O2. The highest BCUT2D eigenvalue weighted by Crippen LogP contribution is 2.16. The number of aryl methyl sites for hydroxylation is 1. The third-order valence-electron chi connectivity index (χ3n) is 1.98. The van der Waals surface area contributed by atoms with Crippen LogP contribution in [0, 0.1) is 6.92 Å². The van der Waals surface area contributed by atoms with E-state index in [1.54, 1.807) is 13.0 Å². The Morgan fingerprint density at radius 1 is 1.69 bits per heavy atom. The van der Waals surface area contributed by atoms with Crippen LogP contribution < -0.4 is 10.6 Å². The average Bonchev–Trinajstić information content (AvgIpc) is 2.22. The van der Waals surface area contributed by atoms with Gasteiger partial charge in [-0.05, 0) is 25.5 Å². The van der Waals surface area contributed by atoms with Gasteiger partial charge in [0.25, 0.3) is 0 Å². The molecule has 0 saturated heterocycles. The van der Waals surface area contributed by atoms with E-state index in [1.165, 1.54) is 6.20 Å². The molecule has 1 heterocycles. The highest BCUT2D eigenvalue weighted by Gasteiger charge is 2.08. The van der Waals surface area contributed by atoms with Gasteiger partial charge >= 0.3 is 6.03 Å². The van der Waals surface area contributed by atoms with Crippen LogP contribution in [0.3, 0.4) is 0 Å². The highest BCUT2D eigenvalue weighted by molar-refractivity contribution is 6.29. The summed E-state index contributed by atoms with van der Waals surface area (Å²) in [6.07, 6.45) is 1.49. The summed E-state index contributed by atoms with van der Waals surface area (Å²) in [4.78, 5) is 15.3. The lowest BCUT2D eigenvalue weighted by Crippen LogP contribution is -2.38. The number of hydrogen-bond donors (Lipinski definition) is 3. The van der Waals surface area contributed by atoms with Crippen molar-refractivity contribution in [2.24, 2.45) is 0 Å². The number of carbonyl (C=O) groups excluding carboxylic acids is 1. The molecule has 0 aliphatic heterocycles. The van der Waals surface area contributed by atoms with E-state index >= 15 is 0 Å². The molecule has 1 aromatic rings. The Morgan fingerprint density at radius 2 is 2.38 bits per heavy atom. The molecule has 0 saturated carbocycles. The molecule has 0 unspecified atom stereocenters. The zero-order chi connectivity index (χ0) is 12.1. The summed E-state index contributed by atoms with van der Waals surface area (Å²) in [6.45, 7) is 3.41. The fourth-order valence-electron chi connectivity index (χ4n) is 1.08. The Hall–Kier alpha value is -1.33. The minimum atomic E-state index is -0.381. The maximum absolute atomic E-state index is 11.4. The number of hydrogen-bond acceptors (Lipinski definition) is 3. The first kappa shape index (κ1) is 12.7. The van der Waals surface area contributed by atoms with Gasteiger partial charge < -0.3 is 15.7 Å². The van der Waals surface area contributed by atoms with Crippen molar-refractivity contribution in [2.75, 3.05) is 11.9 Å². The first-order valence-corrected chi connectivity index (χ1v) is 5.21. The van der Waals surface area contributed by atoms with E-state index in [-0.39, 0.29) is 18.7 Å². The van der Waals surface area contributed by atoms with E-state index in [2.05, 4.69) is 15.6 Å². The van der Waals surface area contributed by atoms with Crippen LogP contribution in [0.1, 0.15) is 12.5 Å². The van der Waals surface area contributed by atoms with Crippen molar-refractivity contribution in [3.63, 3.8) is 0 Å². The van der Waals surface area contributed by atoms with Crippen molar-refractivity contribution in [3.05, 3.63) is 23.0 Å². The highest BCUT2D eigenvalue weighted by atomic mass is 35.5. The van der Waals surface area contributed by atoms with E-state index in [0.29, 0.717) is 10.8 Å². The van der Waals surface area contributed by atoms with Gasteiger partial charge in [-0.15, -0.1) is 0 Å². The number of nitrogens with one attached hydrogen (secondary N) is 2. The molecule has 1 aromatic heterocycles. The molecule has 0 bridgehead atoms. The molecule has 1 atom stereocenters. The minimum Gasteiger partial charge on any atom is -0.394 e. The molecule has 6 heteroatoms. The molecular weight excluding hydrogens is 230 g/mol. The van der Waals surface area contributed by atoms with Gasteiger partial charge in [0, 0.05) is 0 Å². The van der Waals surface area contributed by atoms with Crippen LogP contribution >= 0.6 is 11.6 Å². The Morgan fingerprint density at radius 3 is 2.94 bits per heavy atom. The van der Waals surface area contributed by atoms with Gasteiger partial charge in [0.2, 0.25) is 0 Å². The lowest BCUT2D eigenvalue weighted by Gasteiger charge is -2.13. The van der Waals surface area contributed by atoms with Crippen molar-refractivity contribution < 1.29 is 9.90 Å². The molecule has 5 nitrogen and oxygen atoms in total. The smallest absolute Gasteiger partial charge is 0.319 e. The summed E-state index contributed by atoms with van der Waals surface area (Å²) in [5, 5.41) is 14.3. The number of urea groups is 1. The number of nitrogens with zero attached hydrogens (tertiary/aromatic N) is 1. The number of anilines is 1. The first-order valence-electron chi connectivity index (χ1n) is 4.83. The number of aliphatic hydroxyl groups excluding tert-OH is 1. The zero-order valence-electron chi connectivity index (χ0n) is 9.12. The molecule has 0 spiro atoms. The number of aromatic nitrogens is 1. The molecule has 0 fully saturated rings. The number of pyridine rings is 1. The summed E-state index contributed by atoms with van der Waals surface area (Å²) in [7, 11) is 0. The van der Waals surface area contributed by atoms with E-state index < -0.39 is 0 Å². The first-order chi connectivity index (χ1) is 7.52. The summed E-state index contributed by atoms with van der Waals surface area (Å²) in [5.41, 5.74) is 1.42. The molecule has 1 rings (SSSR count). The van der Waals surface area contributed by atoms with E-state index in [0.717, 1.165) is 5.56 Å². The standard InChI is InChI=1S/C10H14ClN3O2/c1-6-3-9(11)12-4-8(6)14-10(16)13-7(2)5-15/h3-4,7,15H,5H2,1-2H3,(H2,13,14,16)/t7-/m0/s1. The Bertz CT molecular complexity index is 384. The summed E-state index contributed by atoms with van der Waals surface area (Å²) < 4.78 is 0. The molecule has 88 valence electrons. The van der Waals surface area contributed by atoms with Crippen LogP contribution in [0.4, 0.5) is 10.5 Å². The number of halogens is 1. The minimum absolute atomic E-state index is 0.106. The van der Waals surface area contributed by atoms with Crippen molar-refractivity contribution in [3.8, 4) is 0 Å². The van der Waals surface area contributed by atoms with Gasteiger partial charge in [0.1, 0.15) is 5.15 Å². The third-order valence-corrected chi connectivity index (χ3v) is 2.18. The van der Waals surface area contributed by atoms with Crippen molar-refractivity contribution >= 4 is 23.3 Å². The number of rotatable bonds is 3. The zero-order valence-corrected chi connectivity index (χ0v) is 9.88. The fraction of sp³-hybridized carbons (Fsp3) is 0.400. The SMILES string of the molecule is Cc1cc(Cl)ncc1NC(=O)N[C@@H](C)CO. The molecule has 2 amide bonds. The van der Waals surface area contributed by atoms with Crippen LogP contribution in [-0.4, -0.2) is 28.8 Å². The Kier molecular flexibility index (Phi) is 4.52. The Labute approximate surface area is 98.8 Å². The molecule has 0 aliphatic carbocycles. The second kappa shape index (κ2) is 5.67. The largest absolute Gasteiger partial charge is 0.394 e. The quantitative estimate of drug-likeness (QED) is 0.705. The van der Waals surface area contributed by atoms with Crippen molar-refractivity contribution in [1.29, 1.82) is 0 Å². The van der Waals surface area contributed by atoms with Gasteiger partial charge in [-0.3, -0.25) is 0 Å². The van der Waals surface area contributed by atoms with Gasteiger partial charge in [-0.2, -0.15) is 0 Å². The predicted octanol–water partition coefficient (Wildman–Crippen LogP) is 1.55. The summed E-state index contributed by atoms with van der Waals surface area (Å²) in [6, 6.07) is 0.987. The van der Waals surface area contributed by atoms with E-state index in [4.69, 9.17) is 16.7 Å². The average molecular weight is 244 g/mol. The molecule has 0 radical (unpaired) electrons. The van der Waals surface area contributed by atoms with Gasteiger partial charge in [-0.25, -0.2) is 9.78 Å².